The second kappa shape index (κ2) is 7.21. The molecule has 0 unspecified atom stereocenters. The van der Waals surface area contributed by atoms with Crippen LogP contribution < -0.4 is 9.80 Å². The van der Waals surface area contributed by atoms with Crippen LogP contribution in [0.2, 0.25) is 5.02 Å². The predicted molar refractivity (Wildman–Crippen MR) is 117 cm³/mol. The smallest absolute Gasteiger partial charge is 0.139 e. The van der Waals surface area contributed by atoms with Gasteiger partial charge in [-0.25, -0.2) is 4.98 Å². The van der Waals surface area contributed by atoms with Gasteiger partial charge in [0.25, 0.3) is 0 Å². The third-order valence-electron chi connectivity index (χ3n) is 5.36. The van der Waals surface area contributed by atoms with Crippen molar-refractivity contribution in [2.75, 3.05) is 36.0 Å². The third-order valence-corrected chi connectivity index (χ3v) is 5.68. The normalized spacial score (nSPS) is 14.6. The topological polar surface area (TPSA) is 35.2 Å². The number of H-pyrrole nitrogens is 1. The number of imidazole rings is 1. The van der Waals surface area contributed by atoms with Crippen LogP contribution in [0.1, 0.15) is 0 Å². The summed E-state index contributed by atoms with van der Waals surface area (Å²) in [5.41, 5.74) is 5.37. The van der Waals surface area contributed by atoms with E-state index in [2.05, 4.69) is 68.3 Å². The van der Waals surface area contributed by atoms with Gasteiger partial charge >= 0.3 is 0 Å². The highest BCUT2D eigenvalue weighted by molar-refractivity contribution is 6.33. The van der Waals surface area contributed by atoms with Crippen molar-refractivity contribution in [2.45, 2.75) is 0 Å². The molecule has 1 aromatic heterocycles. The maximum atomic E-state index is 6.64. The van der Waals surface area contributed by atoms with Crippen molar-refractivity contribution in [1.82, 2.24) is 9.97 Å². The average Bonchev–Trinajstić information content (AvgIpc) is 3.18. The molecule has 0 saturated carbocycles. The number of benzene rings is 3. The first-order chi connectivity index (χ1) is 13.8. The standard InChI is InChI=1S/C23H21ClN4/c24-20-16-18(28-14-12-27(13-15-28)17-6-2-1-3-7-17)10-11-19(20)23-25-21-8-4-5-9-22(21)26-23/h1-11,16H,12-15H2,(H,25,26). The molecule has 5 rings (SSSR count). The number of piperazine rings is 1. The first-order valence-corrected chi connectivity index (χ1v) is 9.95. The number of nitrogens with zero attached hydrogens (tertiary/aromatic N) is 3. The van der Waals surface area contributed by atoms with Crippen LogP contribution in [-0.2, 0) is 0 Å². The molecule has 4 aromatic rings. The molecule has 0 atom stereocenters. The molecule has 0 spiro atoms. The van der Waals surface area contributed by atoms with E-state index < -0.39 is 0 Å². The lowest BCUT2D eigenvalue weighted by atomic mass is 10.1. The van der Waals surface area contributed by atoms with Gasteiger partial charge in [0.2, 0.25) is 0 Å². The van der Waals surface area contributed by atoms with Gasteiger partial charge in [0.15, 0.2) is 0 Å². The monoisotopic (exact) mass is 388 g/mol. The summed E-state index contributed by atoms with van der Waals surface area (Å²) in [7, 11) is 0. The number of fused-ring (bicyclic) bond motifs is 1. The second-order valence-electron chi connectivity index (χ2n) is 7.08. The molecule has 2 heterocycles. The van der Waals surface area contributed by atoms with E-state index >= 15 is 0 Å². The zero-order valence-electron chi connectivity index (χ0n) is 15.5. The van der Waals surface area contributed by atoms with Crippen LogP contribution in [-0.4, -0.2) is 36.1 Å². The average molecular weight is 389 g/mol. The van der Waals surface area contributed by atoms with Gasteiger partial charge in [-0.05, 0) is 42.5 Å². The minimum absolute atomic E-state index is 0.724. The van der Waals surface area contributed by atoms with Crippen molar-refractivity contribution >= 4 is 34.0 Å². The Kier molecular flexibility index (Phi) is 4.41. The number of anilines is 2. The Morgan fingerprint density at radius 2 is 1.43 bits per heavy atom. The Hall–Kier alpha value is -2.98. The van der Waals surface area contributed by atoms with Crippen molar-refractivity contribution < 1.29 is 0 Å². The van der Waals surface area contributed by atoms with E-state index in [1.54, 1.807) is 0 Å². The fourth-order valence-electron chi connectivity index (χ4n) is 3.83. The van der Waals surface area contributed by atoms with Crippen molar-refractivity contribution in [2.24, 2.45) is 0 Å². The van der Waals surface area contributed by atoms with E-state index in [0.29, 0.717) is 0 Å². The van der Waals surface area contributed by atoms with Crippen LogP contribution >= 0.6 is 11.6 Å². The minimum Gasteiger partial charge on any atom is -0.368 e. The Morgan fingerprint density at radius 3 is 2.14 bits per heavy atom. The molecule has 1 fully saturated rings. The van der Waals surface area contributed by atoms with Crippen LogP contribution in [0.5, 0.6) is 0 Å². The number of halogens is 1. The summed E-state index contributed by atoms with van der Waals surface area (Å²) >= 11 is 6.64. The third kappa shape index (κ3) is 3.20. The van der Waals surface area contributed by atoms with Crippen LogP contribution in [0, 0.1) is 0 Å². The largest absolute Gasteiger partial charge is 0.368 e. The quantitative estimate of drug-likeness (QED) is 0.523. The maximum Gasteiger partial charge on any atom is 0.139 e. The predicted octanol–water partition coefficient (Wildman–Crippen LogP) is 5.21. The van der Waals surface area contributed by atoms with Crippen molar-refractivity contribution in [3.05, 3.63) is 77.8 Å². The molecule has 1 N–H and O–H groups in total. The van der Waals surface area contributed by atoms with E-state index in [4.69, 9.17) is 11.6 Å². The molecule has 4 nitrogen and oxygen atoms in total. The summed E-state index contributed by atoms with van der Waals surface area (Å²) in [6.07, 6.45) is 0. The van der Waals surface area contributed by atoms with Gasteiger partial charge in [-0.15, -0.1) is 0 Å². The summed E-state index contributed by atoms with van der Waals surface area (Å²) in [5.74, 6) is 0.812. The first-order valence-electron chi connectivity index (χ1n) is 9.57. The zero-order valence-corrected chi connectivity index (χ0v) is 16.2. The van der Waals surface area contributed by atoms with Crippen molar-refractivity contribution in [3.8, 4) is 11.4 Å². The molecule has 3 aromatic carbocycles. The minimum atomic E-state index is 0.724. The van der Waals surface area contributed by atoms with Gasteiger partial charge in [0.1, 0.15) is 5.82 Å². The summed E-state index contributed by atoms with van der Waals surface area (Å²) in [5, 5.41) is 0.724. The lowest BCUT2D eigenvalue weighted by Crippen LogP contribution is -2.46. The summed E-state index contributed by atoms with van der Waals surface area (Å²) in [4.78, 5) is 12.9. The van der Waals surface area contributed by atoms with Gasteiger partial charge < -0.3 is 14.8 Å². The zero-order chi connectivity index (χ0) is 18.9. The summed E-state index contributed by atoms with van der Waals surface area (Å²) in [6.45, 7) is 3.98. The Balaban J connectivity index is 1.34. The molecule has 5 heteroatoms. The highest BCUT2D eigenvalue weighted by Crippen LogP contribution is 2.32. The van der Waals surface area contributed by atoms with Crippen molar-refractivity contribution in [3.63, 3.8) is 0 Å². The molecule has 1 aliphatic heterocycles. The molecular weight excluding hydrogens is 368 g/mol. The van der Waals surface area contributed by atoms with Crippen LogP contribution in [0.25, 0.3) is 22.4 Å². The van der Waals surface area contributed by atoms with Crippen LogP contribution in [0.4, 0.5) is 11.4 Å². The van der Waals surface area contributed by atoms with E-state index in [1.165, 1.54) is 5.69 Å². The highest BCUT2D eigenvalue weighted by Gasteiger charge is 2.18. The summed E-state index contributed by atoms with van der Waals surface area (Å²) in [6, 6.07) is 24.9. The molecular formula is C23H21ClN4. The molecule has 0 aliphatic carbocycles. The van der Waals surface area contributed by atoms with Gasteiger partial charge in [-0.2, -0.15) is 0 Å². The van der Waals surface area contributed by atoms with E-state index in [0.717, 1.165) is 59.3 Å². The number of hydrogen-bond donors (Lipinski definition) is 1. The lowest BCUT2D eigenvalue weighted by Gasteiger charge is -2.37. The van der Waals surface area contributed by atoms with E-state index in [9.17, 15) is 0 Å². The highest BCUT2D eigenvalue weighted by atomic mass is 35.5. The number of hydrogen-bond acceptors (Lipinski definition) is 3. The van der Waals surface area contributed by atoms with Gasteiger partial charge in [0, 0.05) is 43.1 Å². The summed E-state index contributed by atoms with van der Waals surface area (Å²) < 4.78 is 0. The van der Waals surface area contributed by atoms with Gasteiger partial charge in [-0.3, -0.25) is 0 Å². The lowest BCUT2D eigenvalue weighted by molar-refractivity contribution is 0.653. The van der Waals surface area contributed by atoms with Gasteiger partial charge in [0.05, 0.1) is 16.1 Å². The molecule has 140 valence electrons. The fraction of sp³-hybridized carbons (Fsp3) is 0.174. The molecule has 1 saturated heterocycles. The SMILES string of the molecule is Clc1cc(N2CCN(c3ccccc3)CC2)ccc1-c1nc2ccccc2[nH]1. The Labute approximate surface area is 169 Å². The second-order valence-corrected chi connectivity index (χ2v) is 7.48. The van der Waals surface area contributed by atoms with E-state index in [-0.39, 0.29) is 0 Å². The molecule has 0 bridgehead atoms. The number of aromatic amines is 1. The van der Waals surface area contributed by atoms with Crippen molar-refractivity contribution in [1.29, 1.82) is 0 Å². The number of rotatable bonds is 3. The number of nitrogens with one attached hydrogen (secondary N) is 1. The van der Waals surface area contributed by atoms with Gasteiger partial charge in [-0.1, -0.05) is 41.9 Å². The number of para-hydroxylation sites is 3. The molecule has 0 amide bonds. The fourth-order valence-corrected chi connectivity index (χ4v) is 4.10. The number of aromatic nitrogens is 2. The van der Waals surface area contributed by atoms with E-state index in [1.807, 2.05) is 24.3 Å². The first kappa shape index (κ1) is 17.1. The molecule has 28 heavy (non-hydrogen) atoms. The Morgan fingerprint density at radius 1 is 0.750 bits per heavy atom. The molecule has 0 radical (unpaired) electrons. The van der Waals surface area contributed by atoms with Crippen LogP contribution in [0.15, 0.2) is 72.8 Å². The Bertz CT molecular complexity index is 1070. The van der Waals surface area contributed by atoms with Crippen LogP contribution in [0.3, 0.4) is 0 Å². The molecule has 1 aliphatic rings. The maximum absolute atomic E-state index is 6.64.